The largest absolute Gasteiger partial charge is 0.481 e. The van der Waals surface area contributed by atoms with Crippen molar-refractivity contribution in [1.29, 1.82) is 0 Å². The number of carboxylic acids is 1. The third kappa shape index (κ3) is 8.34. The number of hydrogen-bond acceptors (Lipinski definition) is 4. The second kappa shape index (κ2) is 11.9. The lowest BCUT2D eigenvalue weighted by atomic mass is 10.1. The van der Waals surface area contributed by atoms with E-state index in [1.54, 1.807) is 11.0 Å². The van der Waals surface area contributed by atoms with Gasteiger partial charge in [0.1, 0.15) is 6.61 Å². The first-order chi connectivity index (χ1) is 11.5. The molecule has 0 spiro atoms. The molecule has 0 aromatic heterocycles. The zero-order valence-corrected chi connectivity index (χ0v) is 14.7. The highest BCUT2D eigenvalue weighted by Crippen LogP contribution is 2.16. The standard InChI is InChI=1S/C18H31NO5/c1-2-3-6-9-16(20)12-11-15-14-24-18(23)19(15)13-8-5-4-7-10-17(21)22/h11-12,15-16,20H,2-10,13-14H2,1H3,(H,21,22)/b12-11+. The van der Waals surface area contributed by atoms with E-state index < -0.39 is 12.1 Å². The smallest absolute Gasteiger partial charge is 0.410 e. The van der Waals surface area contributed by atoms with Gasteiger partial charge in [-0.1, -0.05) is 51.2 Å². The first-order valence-electron chi connectivity index (χ1n) is 9.06. The maximum atomic E-state index is 11.8. The van der Waals surface area contributed by atoms with Crippen molar-refractivity contribution in [3.8, 4) is 0 Å². The number of aliphatic carboxylic acids is 1. The van der Waals surface area contributed by atoms with E-state index in [9.17, 15) is 14.7 Å². The molecule has 1 rings (SSSR count). The highest BCUT2D eigenvalue weighted by Gasteiger charge is 2.30. The molecule has 1 saturated heterocycles. The summed E-state index contributed by atoms with van der Waals surface area (Å²) < 4.78 is 5.09. The lowest BCUT2D eigenvalue weighted by molar-refractivity contribution is -0.137. The second-order valence-corrected chi connectivity index (χ2v) is 6.34. The van der Waals surface area contributed by atoms with Crippen LogP contribution >= 0.6 is 0 Å². The molecule has 0 aromatic rings. The van der Waals surface area contributed by atoms with Gasteiger partial charge in [-0.2, -0.15) is 0 Å². The van der Waals surface area contributed by atoms with Gasteiger partial charge in [0.2, 0.25) is 0 Å². The monoisotopic (exact) mass is 341 g/mol. The van der Waals surface area contributed by atoms with E-state index >= 15 is 0 Å². The summed E-state index contributed by atoms with van der Waals surface area (Å²) in [5.41, 5.74) is 0. The Balaban J connectivity index is 2.28. The first-order valence-corrected chi connectivity index (χ1v) is 9.06. The quantitative estimate of drug-likeness (QED) is 0.396. The average Bonchev–Trinajstić information content (AvgIpc) is 2.89. The van der Waals surface area contributed by atoms with Crippen molar-refractivity contribution in [3.63, 3.8) is 0 Å². The van der Waals surface area contributed by atoms with E-state index in [0.717, 1.165) is 44.9 Å². The molecule has 6 nitrogen and oxygen atoms in total. The van der Waals surface area contributed by atoms with E-state index in [0.29, 0.717) is 19.6 Å². The fraction of sp³-hybridized carbons (Fsp3) is 0.778. The van der Waals surface area contributed by atoms with Crippen molar-refractivity contribution in [1.82, 2.24) is 4.90 Å². The Labute approximate surface area is 144 Å². The molecule has 0 saturated carbocycles. The van der Waals surface area contributed by atoms with Crippen LogP contribution in [0.4, 0.5) is 4.79 Å². The van der Waals surface area contributed by atoms with E-state index in [1.165, 1.54) is 0 Å². The minimum Gasteiger partial charge on any atom is -0.481 e. The topological polar surface area (TPSA) is 87.1 Å². The molecule has 0 aromatic carbocycles. The van der Waals surface area contributed by atoms with Crippen molar-refractivity contribution in [2.24, 2.45) is 0 Å². The lowest BCUT2D eigenvalue weighted by Crippen LogP contribution is -2.33. The third-order valence-electron chi connectivity index (χ3n) is 4.21. The van der Waals surface area contributed by atoms with Crippen molar-refractivity contribution in [2.45, 2.75) is 76.9 Å². The van der Waals surface area contributed by atoms with Gasteiger partial charge in [0.05, 0.1) is 12.1 Å². The molecule has 6 heteroatoms. The van der Waals surface area contributed by atoms with Gasteiger partial charge in [-0.25, -0.2) is 4.79 Å². The van der Waals surface area contributed by atoms with Crippen LogP contribution in [0.25, 0.3) is 0 Å². The third-order valence-corrected chi connectivity index (χ3v) is 4.21. The average molecular weight is 341 g/mol. The molecule has 1 amide bonds. The van der Waals surface area contributed by atoms with Crippen LogP contribution in [0.15, 0.2) is 12.2 Å². The van der Waals surface area contributed by atoms with Crippen LogP contribution < -0.4 is 0 Å². The van der Waals surface area contributed by atoms with Crippen LogP contribution in [-0.4, -0.2) is 52.5 Å². The van der Waals surface area contributed by atoms with Gasteiger partial charge < -0.3 is 14.9 Å². The van der Waals surface area contributed by atoms with Crippen LogP contribution in [0.1, 0.15) is 64.7 Å². The van der Waals surface area contributed by atoms with Crippen LogP contribution in [0.3, 0.4) is 0 Å². The molecule has 0 bridgehead atoms. The van der Waals surface area contributed by atoms with E-state index in [2.05, 4.69) is 6.92 Å². The summed E-state index contributed by atoms with van der Waals surface area (Å²) in [6.07, 6.45) is 10.3. The number of carbonyl (C=O) groups is 2. The van der Waals surface area contributed by atoms with Crippen molar-refractivity contribution in [3.05, 3.63) is 12.2 Å². The highest BCUT2D eigenvalue weighted by molar-refractivity contribution is 5.70. The Morgan fingerprint density at radius 3 is 2.75 bits per heavy atom. The van der Waals surface area contributed by atoms with Gasteiger partial charge in [-0.3, -0.25) is 9.69 Å². The van der Waals surface area contributed by atoms with Crippen LogP contribution in [0.2, 0.25) is 0 Å². The molecule has 1 fully saturated rings. The maximum Gasteiger partial charge on any atom is 0.410 e. The van der Waals surface area contributed by atoms with E-state index in [-0.39, 0.29) is 18.6 Å². The Morgan fingerprint density at radius 2 is 2.04 bits per heavy atom. The summed E-state index contributed by atoms with van der Waals surface area (Å²) in [5.74, 6) is -0.763. The minimum atomic E-state index is -0.763. The summed E-state index contributed by atoms with van der Waals surface area (Å²) in [6.45, 7) is 3.06. The molecule has 1 aliphatic heterocycles. The van der Waals surface area contributed by atoms with Crippen molar-refractivity contribution >= 4 is 12.1 Å². The zero-order chi connectivity index (χ0) is 17.8. The number of cyclic esters (lactones) is 1. The molecule has 24 heavy (non-hydrogen) atoms. The fourth-order valence-electron chi connectivity index (χ4n) is 2.75. The number of rotatable bonds is 13. The molecule has 138 valence electrons. The molecular weight excluding hydrogens is 310 g/mol. The number of carbonyl (C=O) groups excluding carboxylic acids is 1. The number of ether oxygens (including phenoxy) is 1. The molecule has 2 N–H and O–H groups in total. The van der Waals surface area contributed by atoms with Crippen LogP contribution in [0.5, 0.6) is 0 Å². The summed E-state index contributed by atoms with van der Waals surface area (Å²) in [6, 6.07) is -0.114. The maximum absolute atomic E-state index is 11.8. The molecule has 1 aliphatic rings. The fourth-order valence-corrected chi connectivity index (χ4v) is 2.75. The van der Waals surface area contributed by atoms with E-state index in [1.807, 2.05) is 6.08 Å². The van der Waals surface area contributed by atoms with Crippen LogP contribution in [0, 0.1) is 0 Å². The zero-order valence-electron chi connectivity index (χ0n) is 14.7. The molecule has 0 radical (unpaired) electrons. The summed E-state index contributed by atoms with van der Waals surface area (Å²) >= 11 is 0. The predicted octanol–water partition coefficient (Wildman–Crippen LogP) is 3.34. The molecular formula is C18H31NO5. The minimum absolute atomic E-state index is 0.114. The van der Waals surface area contributed by atoms with E-state index in [4.69, 9.17) is 9.84 Å². The summed E-state index contributed by atoms with van der Waals surface area (Å²) in [7, 11) is 0. The van der Waals surface area contributed by atoms with Gasteiger partial charge in [0, 0.05) is 13.0 Å². The van der Waals surface area contributed by atoms with Crippen LogP contribution in [-0.2, 0) is 9.53 Å². The number of aliphatic hydroxyl groups is 1. The molecule has 2 atom stereocenters. The van der Waals surface area contributed by atoms with Gasteiger partial charge >= 0.3 is 12.1 Å². The van der Waals surface area contributed by atoms with Crippen molar-refractivity contribution < 1.29 is 24.5 Å². The number of unbranched alkanes of at least 4 members (excludes halogenated alkanes) is 5. The van der Waals surface area contributed by atoms with Crippen molar-refractivity contribution in [2.75, 3.05) is 13.2 Å². The predicted molar refractivity (Wildman–Crippen MR) is 91.9 cm³/mol. The summed E-state index contributed by atoms with van der Waals surface area (Å²) in [4.78, 5) is 23.9. The number of hydrogen-bond donors (Lipinski definition) is 2. The molecule has 0 aliphatic carbocycles. The SMILES string of the molecule is CCCCCC(O)/C=C/C1COC(=O)N1CCCCCCC(=O)O. The Morgan fingerprint density at radius 1 is 1.29 bits per heavy atom. The van der Waals surface area contributed by atoms with Gasteiger partial charge in [-0.05, 0) is 19.3 Å². The Kier molecular flexibility index (Phi) is 10.2. The van der Waals surface area contributed by atoms with Gasteiger partial charge in [-0.15, -0.1) is 0 Å². The number of aliphatic hydroxyl groups excluding tert-OH is 1. The number of carboxylic acid groups (broad SMARTS) is 1. The van der Waals surface area contributed by atoms with Gasteiger partial charge in [0.15, 0.2) is 0 Å². The van der Waals surface area contributed by atoms with Gasteiger partial charge in [0.25, 0.3) is 0 Å². The normalized spacial score (nSPS) is 19.0. The first kappa shape index (κ1) is 20.5. The Hall–Kier alpha value is -1.56. The number of amides is 1. The highest BCUT2D eigenvalue weighted by atomic mass is 16.6. The second-order valence-electron chi connectivity index (χ2n) is 6.34. The lowest BCUT2D eigenvalue weighted by Gasteiger charge is -2.19. The Bertz CT molecular complexity index is 410. The molecule has 1 heterocycles. The molecule has 2 unspecified atom stereocenters. The summed E-state index contributed by atoms with van der Waals surface area (Å²) in [5, 5.41) is 18.5. The number of nitrogens with zero attached hydrogens (tertiary/aromatic N) is 1.